The Labute approximate surface area is 110 Å². The quantitative estimate of drug-likeness (QED) is 0.786. The molecule has 1 aliphatic heterocycles. The highest BCUT2D eigenvalue weighted by Crippen LogP contribution is 2.33. The molecule has 0 spiro atoms. The van der Waals surface area contributed by atoms with Crippen molar-refractivity contribution in [1.29, 1.82) is 0 Å². The van der Waals surface area contributed by atoms with Crippen molar-refractivity contribution in [3.05, 3.63) is 35.0 Å². The molecule has 0 bridgehead atoms. The van der Waals surface area contributed by atoms with Crippen LogP contribution in [-0.2, 0) is 4.79 Å². The molecular weight excluding hydrogens is 248 g/mol. The number of carbonyl (C=O) groups is 2. The van der Waals surface area contributed by atoms with Crippen LogP contribution in [0, 0.1) is 0 Å². The van der Waals surface area contributed by atoms with Crippen molar-refractivity contribution in [1.82, 2.24) is 9.88 Å². The maximum absolute atomic E-state index is 12.1. The molecule has 2 heterocycles. The lowest BCUT2D eigenvalue weighted by Crippen LogP contribution is -2.36. The predicted molar refractivity (Wildman–Crippen MR) is 71.8 cm³/mol. The standard InChI is InChI=1S/C13H14N2O2S/c1-3-9(2)15-12(16)11(18-13(15)17)7-10-5-4-6-14-8-10/h4-9H,3H2,1-2H3/b11-7+/t9-/m1/s1. The molecule has 18 heavy (non-hydrogen) atoms. The van der Waals surface area contributed by atoms with Crippen molar-refractivity contribution in [3.63, 3.8) is 0 Å². The van der Waals surface area contributed by atoms with Gasteiger partial charge in [-0.1, -0.05) is 13.0 Å². The zero-order valence-corrected chi connectivity index (χ0v) is 11.1. The summed E-state index contributed by atoms with van der Waals surface area (Å²) in [5.74, 6) is -0.205. The van der Waals surface area contributed by atoms with Crippen molar-refractivity contribution in [3.8, 4) is 0 Å². The second kappa shape index (κ2) is 5.35. The summed E-state index contributed by atoms with van der Waals surface area (Å²) in [4.78, 5) is 29.7. The van der Waals surface area contributed by atoms with Gasteiger partial charge in [-0.2, -0.15) is 0 Å². The maximum atomic E-state index is 12.1. The van der Waals surface area contributed by atoms with Crippen LogP contribution in [0.25, 0.3) is 6.08 Å². The van der Waals surface area contributed by atoms with E-state index in [4.69, 9.17) is 0 Å². The predicted octanol–water partition coefficient (Wildman–Crippen LogP) is 2.92. The van der Waals surface area contributed by atoms with Gasteiger partial charge in [-0.3, -0.25) is 19.5 Å². The van der Waals surface area contributed by atoms with E-state index in [0.29, 0.717) is 4.91 Å². The van der Waals surface area contributed by atoms with Gasteiger partial charge in [0.15, 0.2) is 0 Å². The van der Waals surface area contributed by atoms with Crippen LogP contribution >= 0.6 is 11.8 Å². The molecule has 4 nitrogen and oxygen atoms in total. The van der Waals surface area contributed by atoms with Crippen molar-refractivity contribution in [2.45, 2.75) is 26.3 Å². The molecule has 1 atom stereocenters. The Morgan fingerprint density at radius 2 is 2.28 bits per heavy atom. The summed E-state index contributed by atoms with van der Waals surface area (Å²) in [7, 11) is 0. The molecule has 2 rings (SSSR count). The smallest absolute Gasteiger partial charge is 0.268 e. The maximum Gasteiger partial charge on any atom is 0.293 e. The Hall–Kier alpha value is -1.62. The number of imide groups is 1. The van der Waals surface area contributed by atoms with Crippen LogP contribution in [0.15, 0.2) is 29.4 Å². The Bertz CT molecular complexity index is 499. The van der Waals surface area contributed by atoms with Gasteiger partial charge in [0.2, 0.25) is 0 Å². The highest BCUT2D eigenvalue weighted by atomic mass is 32.2. The Kier molecular flexibility index (Phi) is 3.81. The minimum Gasteiger partial charge on any atom is -0.268 e. The van der Waals surface area contributed by atoms with E-state index in [1.54, 1.807) is 24.5 Å². The minimum atomic E-state index is -0.205. The molecule has 0 aliphatic carbocycles. The second-order valence-corrected chi connectivity index (χ2v) is 5.09. The number of carbonyl (C=O) groups excluding carboxylic acids is 2. The van der Waals surface area contributed by atoms with Gasteiger partial charge in [-0.05, 0) is 42.8 Å². The van der Waals surface area contributed by atoms with Gasteiger partial charge in [0.05, 0.1) is 4.91 Å². The summed E-state index contributed by atoms with van der Waals surface area (Å²) in [6.07, 6.45) is 5.80. The average molecular weight is 262 g/mol. The lowest BCUT2D eigenvalue weighted by atomic mass is 10.2. The van der Waals surface area contributed by atoms with Crippen LogP contribution in [0.1, 0.15) is 25.8 Å². The fourth-order valence-electron chi connectivity index (χ4n) is 1.66. The molecule has 1 aromatic rings. The van der Waals surface area contributed by atoms with Gasteiger partial charge >= 0.3 is 0 Å². The number of hydrogen-bond acceptors (Lipinski definition) is 4. The van der Waals surface area contributed by atoms with Crippen molar-refractivity contribution < 1.29 is 9.59 Å². The van der Waals surface area contributed by atoms with Crippen LogP contribution in [0.5, 0.6) is 0 Å². The van der Waals surface area contributed by atoms with Crippen LogP contribution in [0.4, 0.5) is 4.79 Å². The zero-order chi connectivity index (χ0) is 13.1. The number of nitrogens with zero attached hydrogens (tertiary/aromatic N) is 2. The number of rotatable bonds is 3. The number of aromatic nitrogens is 1. The average Bonchev–Trinajstić information content (AvgIpc) is 2.65. The topological polar surface area (TPSA) is 50.3 Å². The molecule has 0 unspecified atom stereocenters. The molecule has 0 aromatic carbocycles. The Morgan fingerprint density at radius 3 is 2.89 bits per heavy atom. The van der Waals surface area contributed by atoms with Gasteiger partial charge in [-0.25, -0.2) is 0 Å². The third-order valence-corrected chi connectivity index (χ3v) is 3.72. The lowest BCUT2D eigenvalue weighted by Gasteiger charge is -2.19. The fraction of sp³-hybridized carbons (Fsp3) is 0.308. The first kappa shape index (κ1) is 12.8. The molecule has 94 valence electrons. The summed E-state index contributed by atoms with van der Waals surface area (Å²) < 4.78 is 0. The van der Waals surface area contributed by atoms with E-state index in [9.17, 15) is 9.59 Å². The first-order valence-corrected chi connectivity index (χ1v) is 6.62. The van der Waals surface area contributed by atoms with Crippen LogP contribution in [0.2, 0.25) is 0 Å². The third kappa shape index (κ3) is 2.46. The molecule has 1 saturated heterocycles. The van der Waals surface area contributed by atoms with Crippen molar-refractivity contribution >= 4 is 29.0 Å². The van der Waals surface area contributed by atoms with Gasteiger partial charge in [0, 0.05) is 18.4 Å². The summed E-state index contributed by atoms with van der Waals surface area (Å²) >= 11 is 0.991. The molecular formula is C13H14N2O2S. The SMILES string of the molecule is CC[C@@H](C)N1C(=O)S/C(=C/c2cccnc2)C1=O. The Morgan fingerprint density at radius 1 is 1.50 bits per heavy atom. The first-order valence-electron chi connectivity index (χ1n) is 5.80. The summed E-state index contributed by atoms with van der Waals surface area (Å²) in [6, 6.07) is 3.59. The molecule has 1 aliphatic rings. The Balaban J connectivity index is 2.26. The van der Waals surface area contributed by atoms with Crippen LogP contribution in [-0.4, -0.2) is 27.1 Å². The summed E-state index contributed by atoms with van der Waals surface area (Å²) in [5.41, 5.74) is 0.826. The minimum absolute atomic E-state index is 0.0581. The van der Waals surface area contributed by atoms with Gasteiger partial charge in [-0.15, -0.1) is 0 Å². The van der Waals surface area contributed by atoms with Crippen molar-refractivity contribution in [2.75, 3.05) is 0 Å². The fourth-order valence-corrected chi connectivity index (χ4v) is 2.59. The van der Waals surface area contributed by atoms with E-state index in [0.717, 1.165) is 23.7 Å². The van der Waals surface area contributed by atoms with E-state index in [2.05, 4.69) is 4.98 Å². The third-order valence-electron chi connectivity index (χ3n) is 2.84. The molecule has 0 N–H and O–H groups in total. The van der Waals surface area contributed by atoms with E-state index >= 15 is 0 Å². The highest BCUT2D eigenvalue weighted by Gasteiger charge is 2.37. The van der Waals surface area contributed by atoms with Gasteiger partial charge < -0.3 is 0 Å². The number of hydrogen-bond donors (Lipinski definition) is 0. The summed E-state index contributed by atoms with van der Waals surface area (Å²) in [5, 5.41) is -0.190. The molecule has 1 aromatic heterocycles. The highest BCUT2D eigenvalue weighted by molar-refractivity contribution is 8.18. The van der Waals surface area contributed by atoms with E-state index in [1.807, 2.05) is 19.9 Å². The number of amides is 2. The molecule has 0 radical (unpaired) electrons. The summed E-state index contributed by atoms with van der Waals surface area (Å²) in [6.45, 7) is 3.84. The molecule has 2 amide bonds. The number of thioether (sulfide) groups is 1. The van der Waals surface area contributed by atoms with E-state index in [1.165, 1.54) is 4.90 Å². The number of pyridine rings is 1. The lowest BCUT2D eigenvalue weighted by molar-refractivity contribution is -0.124. The molecule has 1 fully saturated rings. The van der Waals surface area contributed by atoms with E-state index < -0.39 is 0 Å². The van der Waals surface area contributed by atoms with Crippen LogP contribution in [0.3, 0.4) is 0 Å². The monoisotopic (exact) mass is 262 g/mol. The van der Waals surface area contributed by atoms with E-state index in [-0.39, 0.29) is 17.2 Å². The molecule has 0 saturated carbocycles. The van der Waals surface area contributed by atoms with Crippen LogP contribution < -0.4 is 0 Å². The zero-order valence-electron chi connectivity index (χ0n) is 10.3. The molecule has 5 heteroatoms. The van der Waals surface area contributed by atoms with Crippen molar-refractivity contribution in [2.24, 2.45) is 0 Å². The largest absolute Gasteiger partial charge is 0.293 e. The van der Waals surface area contributed by atoms with Gasteiger partial charge in [0.1, 0.15) is 0 Å². The first-order chi connectivity index (χ1) is 8.63. The van der Waals surface area contributed by atoms with Gasteiger partial charge in [0.25, 0.3) is 11.1 Å². The normalized spacial score (nSPS) is 19.7. The second-order valence-electron chi connectivity index (χ2n) is 4.10.